The van der Waals surface area contributed by atoms with Gasteiger partial charge in [-0.05, 0) is 0 Å². The monoisotopic (exact) mass is 910 g/mol. The van der Waals surface area contributed by atoms with Crippen LogP contribution in [0.3, 0.4) is 0 Å². The number of aliphatic hydroxyl groups excluding tert-OH is 15. The van der Waals surface area contributed by atoms with Crippen molar-refractivity contribution >= 4 is 11.8 Å². The largest absolute Gasteiger partial charge is 0.394 e. The Morgan fingerprint density at radius 2 is 0.774 bits per heavy atom. The number of aliphatic hydroxyl groups is 15. The van der Waals surface area contributed by atoms with Crippen molar-refractivity contribution in [1.29, 1.82) is 0 Å². The van der Waals surface area contributed by atoms with Crippen molar-refractivity contribution in [3.63, 3.8) is 0 Å². The van der Waals surface area contributed by atoms with Gasteiger partial charge in [-0.25, -0.2) is 0 Å². The molecule has 5 fully saturated rings. The van der Waals surface area contributed by atoms with Crippen LogP contribution >= 0.6 is 0 Å². The Balaban J connectivity index is 1.38. The van der Waals surface area contributed by atoms with Crippen molar-refractivity contribution in [2.45, 2.75) is 167 Å². The summed E-state index contributed by atoms with van der Waals surface area (Å²) in [7, 11) is 0. The molecule has 0 spiro atoms. The number of nitrogens with one attached hydrogen (secondary N) is 2. The first-order valence-electron chi connectivity index (χ1n) is 19.6. The number of amides is 2. The van der Waals surface area contributed by atoms with Crippen molar-refractivity contribution in [3.8, 4) is 0 Å². The second kappa shape index (κ2) is 22.0. The molecule has 28 heteroatoms. The molecule has 5 heterocycles. The van der Waals surface area contributed by atoms with Gasteiger partial charge in [0.25, 0.3) is 0 Å². The standard InChI is InChI=1S/C34H58N2O26/c1-8(42)35-15-20(47)26(13(6-40)54-30(15)53)59-31-16(36-9(2)43)21(48)27(14(7-41)58-31)60-33-25(52)28(19(46)12(5-39)56-33)61-34-29(23(50)18(45)11(4-38)57-34)62-32-24(51)22(49)17(44)10(3-37)55-32/h10-34,37-41,44-53H,3-7H2,1-2H3,(H,35,42)(H,36,43)/t10-,11-,12-,13-,14-,15-,16-,17-,18-,19-,20-,21-,22+,23+,24+,25+,26-,27-,28+,29+,30-,31+,32-,33-,34-/m1/s1. The minimum Gasteiger partial charge on any atom is -0.394 e. The Morgan fingerprint density at radius 3 is 1.31 bits per heavy atom. The fourth-order valence-corrected chi connectivity index (χ4v) is 7.82. The molecule has 17 N–H and O–H groups in total. The van der Waals surface area contributed by atoms with Crippen LogP contribution in [0.4, 0.5) is 0 Å². The van der Waals surface area contributed by atoms with Gasteiger partial charge in [-0.3, -0.25) is 9.59 Å². The predicted octanol–water partition coefficient (Wildman–Crippen LogP) is -11.6. The van der Waals surface area contributed by atoms with Gasteiger partial charge in [-0.2, -0.15) is 0 Å². The zero-order valence-electron chi connectivity index (χ0n) is 33.2. The number of hydrogen-bond donors (Lipinski definition) is 17. The summed E-state index contributed by atoms with van der Waals surface area (Å²) >= 11 is 0. The molecule has 0 bridgehead atoms. The molecular formula is C34H58N2O26. The first-order chi connectivity index (χ1) is 29.3. The number of carbonyl (C=O) groups is 2. The molecule has 5 aliphatic rings. The SMILES string of the molecule is CC(=O)N[C@@H]1[C@@H](O)[C@H](O[C@@H]2O[C@H](CO)[C@@H](O[C@H]3O[C@H](CO)[C@@H](O)[C@H](O[C@H]4O[C@H](CO)[C@@H](O)[C@H](O)[C@@H]4O[C@H]4O[C@H](CO)[C@@H](O)[C@H](O)[C@@H]4O)[C@@H]3O)[C@H](O)[C@H]2NC(C)=O)[C@@H](CO)O[C@H]1O. The van der Waals surface area contributed by atoms with E-state index in [1.807, 2.05) is 0 Å². The molecular weight excluding hydrogens is 852 g/mol. The Kier molecular flexibility index (Phi) is 18.1. The number of carbonyl (C=O) groups excluding carboxylic acids is 2. The molecule has 5 aliphatic heterocycles. The van der Waals surface area contributed by atoms with Crippen LogP contribution in [0.5, 0.6) is 0 Å². The summed E-state index contributed by atoms with van der Waals surface area (Å²) in [4.78, 5) is 24.2. The highest BCUT2D eigenvalue weighted by Gasteiger charge is 2.57. The van der Waals surface area contributed by atoms with E-state index in [4.69, 9.17) is 42.6 Å². The normalized spacial score (nSPS) is 49.0. The lowest BCUT2D eigenvalue weighted by atomic mass is 9.94. The number of ether oxygens (including phenoxy) is 9. The van der Waals surface area contributed by atoms with Gasteiger partial charge in [0.1, 0.15) is 122 Å². The maximum atomic E-state index is 12.4. The highest BCUT2D eigenvalue weighted by Crippen LogP contribution is 2.36. The Morgan fingerprint density at radius 1 is 0.387 bits per heavy atom. The third kappa shape index (κ3) is 10.8. The molecule has 0 aromatic carbocycles. The summed E-state index contributed by atoms with van der Waals surface area (Å²) in [5, 5.41) is 163. The van der Waals surface area contributed by atoms with Gasteiger partial charge in [0.2, 0.25) is 11.8 Å². The van der Waals surface area contributed by atoms with E-state index in [0.29, 0.717) is 0 Å². The fraction of sp³-hybridized carbons (Fsp3) is 0.941. The van der Waals surface area contributed by atoms with Crippen LogP contribution in [0.15, 0.2) is 0 Å². The molecule has 0 aliphatic carbocycles. The molecule has 0 aromatic rings. The van der Waals surface area contributed by atoms with Gasteiger partial charge in [0, 0.05) is 13.8 Å². The Labute approximate surface area is 351 Å². The summed E-state index contributed by atoms with van der Waals surface area (Å²) in [5.74, 6) is -1.47. The lowest BCUT2D eigenvalue weighted by Crippen LogP contribution is -2.70. The van der Waals surface area contributed by atoms with E-state index in [1.165, 1.54) is 0 Å². The van der Waals surface area contributed by atoms with E-state index < -0.39 is 198 Å². The molecule has 5 saturated heterocycles. The summed E-state index contributed by atoms with van der Waals surface area (Å²) in [5.41, 5.74) is 0. The van der Waals surface area contributed by atoms with E-state index >= 15 is 0 Å². The summed E-state index contributed by atoms with van der Waals surface area (Å²) in [6.45, 7) is -2.53. The molecule has 0 aromatic heterocycles. The van der Waals surface area contributed by atoms with Gasteiger partial charge in [-0.15, -0.1) is 0 Å². The first-order valence-corrected chi connectivity index (χ1v) is 19.6. The number of rotatable bonds is 15. The van der Waals surface area contributed by atoms with Crippen molar-refractivity contribution in [1.82, 2.24) is 10.6 Å². The predicted molar refractivity (Wildman–Crippen MR) is 190 cm³/mol. The summed E-state index contributed by atoms with van der Waals surface area (Å²) in [6, 6.07) is -3.16. The van der Waals surface area contributed by atoms with Gasteiger partial charge in [-0.1, -0.05) is 0 Å². The summed E-state index contributed by atoms with van der Waals surface area (Å²) < 4.78 is 51.0. The lowest BCUT2D eigenvalue weighted by molar-refractivity contribution is -0.395. The number of hydrogen-bond acceptors (Lipinski definition) is 26. The van der Waals surface area contributed by atoms with Gasteiger partial charge in [0.15, 0.2) is 31.5 Å². The van der Waals surface area contributed by atoms with Crippen LogP contribution in [-0.4, -0.2) is 275 Å². The molecule has 5 rings (SSSR count). The Bertz CT molecular complexity index is 1440. The minimum absolute atomic E-state index is 0.687. The zero-order valence-corrected chi connectivity index (χ0v) is 33.2. The molecule has 62 heavy (non-hydrogen) atoms. The average molecular weight is 911 g/mol. The molecule has 2 amide bonds. The van der Waals surface area contributed by atoms with E-state index in [-0.39, 0.29) is 0 Å². The van der Waals surface area contributed by atoms with Gasteiger partial charge in [0.05, 0.1) is 33.0 Å². The van der Waals surface area contributed by atoms with Gasteiger partial charge < -0.3 is 130 Å². The molecule has 0 saturated carbocycles. The second-order valence-electron chi connectivity index (χ2n) is 15.4. The lowest BCUT2D eigenvalue weighted by Gasteiger charge is -2.50. The van der Waals surface area contributed by atoms with Crippen LogP contribution in [0.2, 0.25) is 0 Å². The third-order valence-electron chi connectivity index (χ3n) is 11.1. The fourth-order valence-electron chi connectivity index (χ4n) is 7.82. The van der Waals surface area contributed by atoms with E-state index in [1.54, 1.807) is 0 Å². The molecule has 25 atom stereocenters. The molecule has 28 nitrogen and oxygen atoms in total. The minimum atomic E-state index is -2.18. The zero-order chi connectivity index (χ0) is 45.9. The molecule has 0 unspecified atom stereocenters. The van der Waals surface area contributed by atoms with Crippen LogP contribution in [0.25, 0.3) is 0 Å². The maximum Gasteiger partial charge on any atom is 0.217 e. The van der Waals surface area contributed by atoms with Crippen molar-refractivity contribution < 1.29 is 129 Å². The van der Waals surface area contributed by atoms with Crippen LogP contribution in [-0.2, 0) is 52.2 Å². The second-order valence-corrected chi connectivity index (χ2v) is 15.4. The quantitative estimate of drug-likeness (QED) is 0.0725. The highest BCUT2D eigenvalue weighted by molar-refractivity contribution is 5.73. The van der Waals surface area contributed by atoms with E-state index in [2.05, 4.69) is 10.6 Å². The maximum absolute atomic E-state index is 12.4. The van der Waals surface area contributed by atoms with Gasteiger partial charge >= 0.3 is 0 Å². The van der Waals surface area contributed by atoms with E-state index in [0.717, 1.165) is 13.8 Å². The first kappa shape index (κ1) is 51.0. The molecule has 0 radical (unpaired) electrons. The van der Waals surface area contributed by atoms with Crippen LogP contribution in [0.1, 0.15) is 13.8 Å². The van der Waals surface area contributed by atoms with Crippen LogP contribution < -0.4 is 10.6 Å². The Hall–Kier alpha value is -2.02. The van der Waals surface area contributed by atoms with Crippen LogP contribution in [0, 0.1) is 0 Å². The van der Waals surface area contributed by atoms with Crippen molar-refractivity contribution in [2.75, 3.05) is 33.0 Å². The van der Waals surface area contributed by atoms with E-state index in [9.17, 15) is 86.2 Å². The van der Waals surface area contributed by atoms with Crippen molar-refractivity contribution in [2.24, 2.45) is 0 Å². The molecule has 360 valence electrons. The third-order valence-corrected chi connectivity index (χ3v) is 11.1. The average Bonchev–Trinajstić information content (AvgIpc) is 3.23. The topological polar surface area (TPSA) is 445 Å². The highest BCUT2D eigenvalue weighted by atomic mass is 16.8. The smallest absolute Gasteiger partial charge is 0.217 e. The summed E-state index contributed by atoms with van der Waals surface area (Å²) in [6.07, 6.45) is -42.7. The van der Waals surface area contributed by atoms with Crippen molar-refractivity contribution in [3.05, 3.63) is 0 Å².